The summed E-state index contributed by atoms with van der Waals surface area (Å²) < 4.78 is 6.49. The van der Waals surface area contributed by atoms with Crippen molar-refractivity contribution >= 4 is 11.9 Å². The van der Waals surface area contributed by atoms with Gasteiger partial charge >= 0.3 is 5.97 Å². The molecule has 0 radical (unpaired) electrons. The van der Waals surface area contributed by atoms with E-state index < -0.39 is 17.7 Å². The van der Waals surface area contributed by atoms with E-state index in [1.165, 1.54) is 0 Å². The van der Waals surface area contributed by atoms with E-state index in [9.17, 15) is 14.9 Å². The van der Waals surface area contributed by atoms with Gasteiger partial charge in [0, 0.05) is 6.04 Å². The minimum Gasteiger partial charge on any atom is -0.458 e. The van der Waals surface area contributed by atoms with Crippen LogP contribution < -0.4 is 11.1 Å². The summed E-state index contributed by atoms with van der Waals surface area (Å²) in [6, 6.07) is 11.1. The molecule has 1 saturated heterocycles. The maximum Gasteiger partial charge on any atom is 0.324 e. The molecule has 10 atom stereocenters. The van der Waals surface area contributed by atoms with Crippen molar-refractivity contribution in [3.63, 3.8) is 0 Å². The molecule has 3 N–H and O–H groups in total. The normalized spacial score (nSPS) is 40.9. The quantitative estimate of drug-likeness (QED) is 0.552. The summed E-state index contributed by atoms with van der Waals surface area (Å²) in [5.41, 5.74) is 7.09. The van der Waals surface area contributed by atoms with E-state index in [2.05, 4.69) is 18.3 Å². The van der Waals surface area contributed by atoms with Crippen LogP contribution in [0.1, 0.15) is 63.9 Å². The highest BCUT2D eigenvalue weighted by Crippen LogP contribution is 2.62. The van der Waals surface area contributed by atoms with Gasteiger partial charge in [-0.15, -0.1) is 0 Å². The molecule has 6 aliphatic rings. The molecule has 37 heavy (non-hydrogen) atoms. The van der Waals surface area contributed by atoms with Crippen molar-refractivity contribution < 1.29 is 14.3 Å². The molecule has 7 heteroatoms. The zero-order chi connectivity index (χ0) is 25.9. The number of nitrogens with two attached hydrogens (primary N) is 1. The largest absolute Gasteiger partial charge is 0.458 e. The summed E-state index contributed by atoms with van der Waals surface area (Å²) in [5, 5.41) is 12.9. The molecule has 6 fully saturated rings. The molecule has 10 unspecified atom stereocenters. The van der Waals surface area contributed by atoms with Gasteiger partial charge in [0.2, 0.25) is 5.91 Å². The predicted molar refractivity (Wildman–Crippen MR) is 139 cm³/mol. The van der Waals surface area contributed by atoms with Crippen molar-refractivity contribution in [3.8, 4) is 6.07 Å². The zero-order valence-corrected chi connectivity index (χ0v) is 22.1. The number of rotatable bonds is 7. The molecule has 7 rings (SSSR count). The van der Waals surface area contributed by atoms with Crippen molar-refractivity contribution in [3.05, 3.63) is 35.9 Å². The van der Waals surface area contributed by atoms with E-state index in [1.807, 2.05) is 42.3 Å². The summed E-state index contributed by atoms with van der Waals surface area (Å²) in [6.45, 7) is 2.17. The second-order valence-electron chi connectivity index (χ2n) is 12.9. The van der Waals surface area contributed by atoms with Crippen molar-refractivity contribution in [1.29, 1.82) is 5.26 Å². The summed E-state index contributed by atoms with van der Waals surface area (Å²) in [4.78, 5) is 29.3. The van der Waals surface area contributed by atoms with Gasteiger partial charge in [-0.1, -0.05) is 37.3 Å². The SMILES string of the molecule is CNC(Cc1ccccc1)C(=O)OC12CC3CCC(C(N)C(=O)N4C(C#N)CC5C(C)C54)(CC(C3)C1)C2. The van der Waals surface area contributed by atoms with Crippen molar-refractivity contribution in [2.24, 2.45) is 34.8 Å². The maximum atomic E-state index is 13.9. The summed E-state index contributed by atoms with van der Waals surface area (Å²) in [6.07, 6.45) is 7.72. The van der Waals surface area contributed by atoms with Gasteiger partial charge in [-0.05, 0) is 99.5 Å². The van der Waals surface area contributed by atoms with Crippen molar-refractivity contribution in [2.45, 2.75) is 94.5 Å². The Morgan fingerprint density at radius 2 is 1.97 bits per heavy atom. The number of amides is 1. The van der Waals surface area contributed by atoms with Gasteiger partial charge < -0.3 is 20.7 Å². The smallest absolute Gasteiger partial charge is 0.324 e. The Bertz CT molecular complexity index is 1100. The molecule has 198 valence electrons. The summed E-state index contributed by atoms with van der Waals surface area (Å²) in [5.74, 6) is 1.56. The topological polar surface area (TPSA) is 108 Å². The van der Waals surface area contributed by atoms with E-state index in [1.54, 1.807) is 0 Å². The number of hydrogen-bond acceptors (Lipinski definition) is 6. The maximum absolute atomic E-state index is 13.9. The molecule has 1 aromatic rings. The van der Waals surface area contributed by atoms with Crippen LogP contribution in [0.3, 0.4) is 0 Å². The van der Waals surface area contributed by atoms with Crippen LogP contribution in [0.2, 0.25) is 0 Å². The highest BCUT2D eigenvalue weighted by molar-refractivity contribution is 5.84. The second-order valence-corrected chi connectivity index (χ2v) is 12.9. The van der Waals surface area contributed by atoms with E-state index in [4.69, 9.17) is 10.5 Å². The van der Waals surface area contributed by atoms with Gasteiger partial charge in [0.25, 0.3) is 0 Å². The highest BCUT2D eigenvalue weighted by atomic mass is 16.6. The number of nitrogens with one attached hydrogen (secondary N) is 1. The Hall–Kier alpha value is -2.43. The molecule has 1 amide bonds. The van der Waals surface area contributed by atoms with Crippen LogP contribution in [0.5, 0.6) is 0 Å². The Kier molecular flexibility index (Phi) is 6.12. The number of carbonyl (C=O) groups is 2. The third kappa shape index (κ3) is 4.17. The standard InChI is InChI=1S/C30H40N4O3/c1-18-23-12-22(16-31)34(25(18)23)27(35)26(32)29-9-8-20-10-21(13-29)15-30(14-20,17-29)37-28(36)24(33-2)11-19-6-4-3-5-7-19/h3-7,18,20-26,33H,8-15,17,32H2,1-2H3. The Morgan fingerprint density at radius 3 is 2.70 bits per heavy atom. The van der Waals surface area contributed by atoms with Crippen LogP contribution in [-0.2, 0) is 20.7 Å². The van der Waals surface area contributed by atoms with Crippen molar-refractivity contribution in [1.82, 2.24) is 10.2 Å². The number of piperidine rings is 1. The number of carbonyl (C=O) groups excluding carboxylic acids is 2. The molecule has 7 nitrogen and oxygen atoms in total. The minimum atomic E-state index is -0.656. The Labute approximate surface area is 220 Å². The minimum absolute atomic E-state index is 0.0539. The summed E-state index contributed by atoms with van der Waals surface area (Å²) in [7, 11) is 1.81. The van der Waals surface area contributed by atoms with Crippen LogP contribution in [-0.4, -0.2) is 53.6 Å². The third-order valence-electron chi connectivity index (χ3n) is 10.6. The van der Waals surface area contributed by atoms with Crippen LogP contribution >= 0.6 is 0 Å². The molecule has 0 spiro atoms. The van der Waals surface area contributed by atoms with Crippen molar-refractivity contribution in [2.75, 3.05) is 7.05 Å². The first-order valence-electron chi connectivity index (χ1n) is 14.2. The number of hydrogen-bond donors (Lipinski definition) is 2. The van der Waals surface area contributed by atoms with E-state index in [0.29, 0.717) is 36.5 Å². The molecule has 0 aromatic heterocycles. The number of ether oxygens (including phenoxy) is 1. The lowest BCUT2D eigenvalue weighted by Gasteiger charge is -2.53. The van der Waals surface area contributed by atoms with Gasteiger partial charge in [-0.25, -0.2) is 0 Å². The molecular weight excluding hydrogens is 464 g/mol. The lowest BCUT2D eigenvalue weighted by Crippen LogP contribution is -2.61. The van der Waals surface area contributed by atoms with Crippen LogP contribution in [0, 0.1) is 40.4 Å². The van der Waals surface area contributed by atoms with E-state index in [0.717, 1.165) is 50.5 Å². The van der Waals surface area contributed by atoms with E-state index >= 15 is 0 Å². The molecule has 5 aliphatic carbocycles. The molecule has 4 bridgehead atoms. The van der Waals surface area contributed by atoms with Crippen LogP contribution in [0.15, 0.2) is 30.3 Å². The number of benzene rings is 1. The second kappa shape index (κ2) is 9.10. The van der Waals surface area contributed by atoms with Gasteiger partial charge in [0.05, 0.1) is 12.1 Å². The molecular formula is C30H40N4O3. The molecule has 1 aromatic carbocycles. The van der Waals surface area contributed by atoms with Gasteiger partial charge in [0.15, 0.2) is 0 Å². The highest BCUT2D eigenvalue weighted by Gasteiger charge is 2.64. The number of nitrogens with zero attached hydrogens (tertiary/aromatic N) is 2. The molecule has 1 aliphatic heterocycles. The number of likely N-dealkylation sites (tertiary alicyclic amines) is 1. The number of esters is 1. The summed E-state index contributed by atoms with van der Waals surface area (Å²) >= 11 is 0. The average Bonchev–Trinajstić information content (AvgIpc) is 3.40. The van der Waals surface area contributed by atoms with Crippen LogP contribution in [0.4, 0.5) is 0 Å². The molecule has 1 heterocycles. The van der Waals surface area contributed by atoms with Crippen LogP contribution in [0.25, 0.3) is 0 Å². The molecule has 5 saturated carbocycles. The Balaban J connectivity index is 1.23. The zero-order valence-electron chi connectivity index (χ0n) is 22.1. The fourth-order valence-corrected chi connectivity index (χ4v) is 8.97. The first-order chi connectivity index (χ1) is 17.8. The monoisotopic (exact) mass is 504 g/mol. The fraction of sp³-hybridized carbons (Fsp3) is 0.700. The first kappa shape index (κ1) is 24.9. The first-order valence-corrected chi connectivity index (χ1v) is 14.2. The van der Waals surface area contributed by atoms with Gasteiger partial charge in [-0.2, -0.15) is 5.26 Å². The fourth-order valence-electron chi connectivity index (χ4n) is 8.97. The predicted octanol–water partition coefficient (Wildman–Crippen LogP) is 3.18. The van der Waals surface area contributed by atoms with Gasteiger partial charge in [-0.3, -0.25) is 9.59 Å². The van der Waals surface area contributed by atoms with E-state index in [-0.39, 0.29) is 29.4 Å². The third-order valence-corrected chi connectivity index (χ3v) is 10.6. The number of likely N-dealkylation sites (N-methyl/N-ethyl adjacent to an activating group) is 1. The lowest BCUT2D eigenvalue weighted by molar-refractivity contribution is -0.183. The Morgan fingerprint density at radius 1 is 1.22 bits per heavy atom. The van der Waals surface area contributed by atoms with Gasteiger partial charge in [0.1, 0.15) is 17.7 Å². The number of nitriles is 1. The number of fused-ring (bicyclic) bond motifs is 2. The lowest BCUT2D eigenvalue weighted by atomic mass is 9.57. The average molecular weight is 505 g/mol.